The van der Waals surface area contributed by atoms with Crippen LogP contribution in [0.3, 0.4) is 0 Å². The molecule has 0 aliphatic heterocycles. The molecule has 1 heterocycles. The number of amides is 2. The number of pyridine rings is 1. The highest BCUT2D eigenvalue weighted by atomic mass is 16.2. The fraction of sp³-hybridized carbons (Fsp3) is 0.455. The van der Waals surface area contributed by atoms with E-state index in [4.69, 9.17) is 0 Å². The zero-order chi connectivity index (χ0) is 12.1. The largest absolute Gasteiger partial charge is 0.336 e. The Bertz CT molecular complexity index is 423. The lowest BCUT2D eigenvalue weighted by Gasteiger charge is -2.11. The summed E-state index contributed by atoms with van der Waals surface area (Å²) in [6.45, 7) is 6.22. The SMILES string of the molecule is CCn1cc(NC(=O)NC(C)C)ccc1=O. The smallest absolute Gasteiger partial charge is 0.319 e. The Morgan fingerprint density at radius 1 is 1.44 bits per heavy atom. The van der Waals surface area contributed by atoms with Gasteiger partial charge in [-0.1, -0.05) is 0 Å². The lowest BCUT2D eigenvalue weighted by Crippen LogP contribution is -2.34. The molecule has 88 valence electrons. The number of hydrogen-bond donors (Lipinski definition) is 2. The molecule has 0 bridgehead atoms. The molecule has 5 heteroatoms. The van der Waals surface area contributed by atoms with Crippen LogP contribution in [0.4, 0.5) is 10.5 Å². The summed E-state index contributed by atoms with van der Waals surface area (Å²) in [6, 6.07) is 2.84. The van der Waals surface area contributed by atoms with Crippen molar-refractivity contribution >= 4 is 11.7 Å². The summed E-state index contributed by atoms with van der Waals surface area (Å²) in [5.41, 5.74) is 0.539. The summed E-state index contributed by atoms with van der Waals surface area (Å²) >= 11 is 0. The van der Waals surface area contributed by atoms with Gasteiger partial charge in [-0.15, -0.1) is 0 Å². The van der Waals surface area contributed by atoms with E-state index in [1.807, 2.05) is 20.8 Å². The van der Waals surface area contributed by atoms with Gasteiger partial charge in [-0.2, -0.15) is 0 Å². The molecule has 1 aromatic rings. The maximum Gasteiger partial charge on any atom is 0.319 e. The van der Waals surface area contributed by atoms with E-state index in [1.165, 1.54) is 10.6 Å². The Morgan fingerprint density at radius 3 is 2.69 bits per heavy atom. The van der Waals surface area contributed by atoms with Crippen molar-refractivity contribution in [2.45, 2.75) is 33.4 Å². The fourth-order valence-corrected chi connectivity index (χ4v) is 1.28. The lowest BCUT2D eigenvalue weighted by molar-refractivity contribution is 0.250. The summed E-state index contributed by atoms with van der Waals surface area (Å²) in [4.78, 5) is 22.7. The Balaban J connectivity index is 2.74. The minimum atomic E-state index is -0.267. The molecule has 0 unspecified atom stereocenters. The highest BCUT2D eigenvalue weighted by molar-refractivity contribution is 5.89. The number of carbonyl (C=O) groups excluding carboxylic acids is 1. The van der Waals surface area contributed by atoms with Crippen molar-refractivity contribution in [3.8, 4) is 0 Å². The van der Waals surface area contributed by atoms with E-state index in [9.17, 15) is 9.59 Å². The molecular formula is C11H17N3O2. The van der Waals surface area contributed by atoms with Crippen molar-refractivity contribution in [2.24, 2.45) is 0 Å². The summed E-state index contributed by atoms with van der Waals surface area (Å²) in [6.07, 6.45) is 1.63. The first kappa shape index (κ1) is 12.3. The van der Waals surface area contributed by atoms with Crippen molar-refractivity contribution in [3.63, 3.8) is 0 Å². The molecule has 16 heavy (non-hydrogen) atoms. The van der Waals surface area contributed by atoms with Crippen LogP contribution in [0.2, 0.25) is 0 Å². The first-order valence-corrected chi connectivity index (χ1v) is 5.31. The molecule has 2 N–H and O–H groups in total. The van der Waals surface area contributed by atoms with Crippen LogP contribution in [0.25, 0.3) is 0 Å². The number of rotatable bonds is 3. The average molecular weight is 223 g/mol. The molecular weight excluding hydrogens is 206 g/mol. The average Bonchev–Trinajstić information content (AvgIpc) is 2.19. The Kier molecular flexibility index (Phi) is 4.10. The van der Waals surface area contributed by atoms with Crippen molar-refractivity contribution in [2.75, 3.05) is 5.32 Å². The minimum Gasteiger partial charge on any atom is -0.336 e. The van der Waals surface area contributed by atoms with E-state index in [-0.39, 0.29) is 17.6 Å². The van der Waals surface area contributed by atoms with Crippen molar-refractivity contribution in [1.82, 2.24) is 9.88 Å². The standard InChI is InChI=1S/C11H17N3O2/c1-4-14-7-9(5-6-10(14)15)13-11(16)12-8(2)3/h5-8H,4H2,1-3H3,(H2,12,13,16). The number of nitrogens with zero attached hydrogens (tertiary/aromatic N) is 1. The summed E-state index contributed by atoms with van der Waals surface area (Å²) < 4.78 is 1.53. The van der Waals surface area contributed by atoms with E-state index in [2.05, 4.69) is 10.6 Å². The van der Waals surface area contributed by atoms with E-state index >= 15 is 0 Å². The fourth-order valence-electron chi connectivity index (χ4n) is 1.28. The van der Waals surface area contributed by atoms with Crippen LogP contribution in [0.1, 0.15) is 20.8 Å². The van der Waals surface area contributed by atoms with Crippen LogP contribution in [-0.4, -0.2) is 16.6 Å². The number of nitrogens with one attached hydrogen (secondary N) is 2. The molecule has 0 atom stereocenters. The summed E-state index contributed by atoms with van der Waals surface area (Å²) in [5, 5.41) is 5.37. The van der Waals surface area contributed by atoms with Crippen LogP contribution in [0.5, 0.6) is 0 Å². The minimum absolute atomic E-state index is 0.0719. The van der Waals surface area contributed by atoms with Gasteiger partial charge in [-0.3, -0.25) is 4.79 Å². The van der Waals surface area contributed by atoms with Crippen molar-refractivity contribution in [1.29, 1.82) is 0 Å². The Morgan fingerprint density at radius 2 is 2.12 bits per heavy atom. The molecule has 0 spiro atoms. The number of anilines is 1. The Labute approximate surface area is 94.5 Å². The monoisotopic (exact) mass is 223 g/mol. The third-order valence-corrected chi connectivity index (χ3v) is 2.00. The van der Waals surface area contributed by atoms with Crippen molar-refractivity contribution < 1.29 is 4.79 Å². The number of aryl methyl sites for hydroxylation is 1. The predicted molar refractivity (Wildman–Crippen MR) is 63.7 cm³/mol. The topological polar surface area (TPSA) is 63.1 Å². The predicted octanol–water partition coefficient (Wildman–Crippen LogP) is 1.40. The van der Waals surface area contributed by atoms with Crippen LogP contribution >= 0.6 is 0 Å². The molecule has 2 amide bonds. The van der Waals surface area contributed by atoms with Crippen LogP contribution in [0, 0.1) is 0 Å². The summed E-state index contributed by atoms with van der Waals surface area (Å²) in [7, 11) is 0. The molecule has 0 aliphatic rings. The van der Waals surface area contributed by atoms with Gasteiger partial charge in [0.2, 0.25) is 0 Å². The molecule has 0 aliphatic carbocycles. The second kappa shape index (κ2) is 5.34. The van der Waals surface area contributed by atoms with Gasteiger partial charge in [0.15, 0.2) is 0 Å². The van der Waals surface area contributed by atoms with Gasteiger partial charge in [-0.25, -0.2) is 4.79 Å². The van der Waals surface area contributed by atoms with Gasteiger partial charge in [-0.05, 0) is 26.8 Å². The maximum atomic E-state index is 11.4. The zero-order valence-corrected chi connectivity index (χ0v) is 9.78. The zero-order valence-electron chi connectivity index (χ0n) is 9.78. The van der Waals surface area contributed by atoms with E-state index < -0.39 is 0 Å². The second-order valence-electron chi connectivity index (χ2n) is 3.80. The maximum absolute atomic E-state index is 11.4. The molecule has 0 saturated heterocycles. The van der Waals surface area contributed by atoms with E-state index in [0.717, 1.165) is 0 Å². The van der Waals surface area contributed by atoms with Crippen molar-refractivity contribution in [3.05, 3.63) is 28.7 Å². The van der Waals surface area contributed by atoms with Gasteiger partial charge < -0.3 is 15.2 Å². The number of aromatic nitrogens is 1. The van der Waals surface area contributed by atoms with Gasteiger partial charge in [0.1, 0.15) is 0 Å². The third kappa shape index (κ3) is 3.42. The lowest BCUT2D eigenvalue weighted by atomic mass is 10.4. The third-order valence-electron chi connectivity index (χ3n) is 2.00. The quantitative estimate of drug-likeness (QED) is 0.813. The van der Waals surface area contributed by atoms with E-state index in [0.29, 0.717) is 12.2 Å². The number of carbonyl (C=O) groups is 1. The van der Waals surface area contributed by atoms with Gasteiger partial charge in [0.05, 0.1) is 5.69 Å². The molecule has 0 fully saturated rings. The molecule has 5 nitrogen and oxygen atoms in total. The van der Waals surface area contributed by atoms with Gasteiger partial charge >= 0.3 is 6.03 Å². The molecule has 0 saturated carbocycles. The highest BCUT2D eigenvalue weighted by Gasteiger charge is 2.03. The van der Waals surface area contributed by atoms with Gasteiger partial charge in [0, 0.05) is 24.8 Å². The van der Waals surface area contributed by atoms with Crippen LogP contribution in [-0.2, 0) is 6.54 Å². The molecule has 0 radical (unpaired) electrons. The molecule has 0 aromatic carbocycles. The van der Waals surface area contributed by atoms with Crippen LogP contribution < -0.4 is 16.2 Å². The molecule has 1 rings (SSSR count). The first-order valence-electron chi connectivity index (χ1n) is 5.31. The van der Waals surface area contributed by atoms with Crippen LogP contribution in [0.15, 0.2) is 23.1 Å². The van der Waals surface area contributed by atoms with E-state index in [1.54, 1.807) is 12.3 Å². The summed E-state index contributed by atoms with van der Waals surface area (Å²) in [5.74, 6) is 0. The highest BCUT2D eigenvalue weighted by Crippen LogP contribution is 2.02. The normalized spacial score (nSPS) is 10.2. The number of urea groups is 1. The second-order valence-corrected chi connectivity index (χ2v) is 3.80. The Hall–Kier alpha value is -1.78. The molecule has 1 aromatic heterocycles. The number of hydrogen-bond acceptors (Lipinski definition) is 2. The first-order chi connectivity index (χ1) is 7.52. The van der Waals surface area contributed by atoms with Gasteiger partial charge in [0.25, 0.3) is 5.56 Å².